The molecule has 3 nitrogen and oxygen atoms in total. The zero-order chi connectivity index (χ0) is 12.0. The molecule has 0 saturated carbocycles. The van der Waals surface area contributed by atoms with Crippen LogP contribution >= 0.6 is 0 Å². The molecule has 0 aliphatic heterocycles. The minimum Gasteiger partial charge on any atom is -0.469 e. The summed E-state index contributed by atoms with van der Waals surface area (Å²) in [6.07, 6.45) is 2.33. The van der Waals surface area contributed by atoms with Crippen molar-refractivity contribution in [3.63, 3.8) is 0 Å². The van der Waals surface area contributed by atoms with Gasteiger partial charge in [0.2, 0.25) is 0 Å². The highest BCUT2D eigenvalue weighted by atomic mass is 16.5. The first-order valence-corrected chi connectivity index (χ1v) is 5.75. The second-order valence-corrected chi connectivity index (χ2v) is 4.36. The van der Waals surface area contributed by atoms with Crippen LogP contribution in [0, 0.1) is 5.92 Å². The summed E-state index contributed by atoms with van der Waals surface area (Å²) in [5.41, 5.74) is 0. The summed E-state index contributed by atoms with van der Waals surface area (Å²) in [5.74, 6) is -0.197. The van der Waals surface area contributed by atoms with E-state index in [1.165, 1.54) is 13.5 Å². The van der Waals surface area contributed by atoms with Crippen molar-refractivity contribution in [1.82, 2.24) is 4.90 Å². The van der Waals surface area contributed by atoms with Crippen LogP contribution in [0.15, 0.2) is 0 Å². The van der Waals surface area contributed by atoms with Crippen LogP contribution in [-0.4, -0.2) is 37.1 Å². The lowest BCUT2D eigenvalue weighted by atomic mass is 10.0. The average molecular weight is 215 g/mol. The Hall–Kier alpha value is -0.570. The molecule has 0 bridgehead atoms. The van der Waals surface area contributed by atoms with Gasteiger partial charge in [0.1, 0.15) is 0 Å². The third kappa shape index (κ3) is 4.20. The third-order valence-corrected chi connectivity index (χ3v) is 3.34. The van der Waals surface area contributed by atoms with Gasteiger partial charge in [-0.15, -0.1) is 0 Å². The minimum absolute atomic E-state index is 0.0701. The number of carbonyl (C=O) groups is 1. The molecule has 3 heteroatoms. The van der Waals surface area contributed by atoms with Crippen molar-refractivity contribution in [1.29, 1.82) is 0 Å². The predicted octanol–water partition coefficient (Wildman–Crippen LogP) is 2.30. The van der Waals surface area contributed by atoms with Gasteiger partial charge in [0.05, 0.1) is 13.0 Å². The second-order valence-electron chi connectivity index (χ2n) is 4.36. The van der Waals surface area contributed by atoms with Gasteiger partial charge >= 0.3 is 5.97 Å². The zero-order valence-corrected chi connectivity index (χ0v) is 10.9. The predicted molar refractivity (Wildman–Crippen MR) is 62.8 cm³/mol. The molecule has 90 valence electrons. The fraction of sp³-hybridized carbons (Fsp3) is 0.917. The molecule has 0 saturated heterocycles. The molecular weight excluding hydrogens is 190 g/mol. The molecule has 3 atom stereocenters. The van der Waals surface area contributed by atoms with Gasteiger partial charge in [-0.3, -0.25) is 4.79 Å². The number of esters is 1. The molecule has 0 N–H and O–H groups in total. The van der Waals surface area contributed by atoms with E-state index < -0.39 is 0 Å². The van der Waals surface area contributed by atoms with E-state index in [4.69, 9.17) is 4.74 Å². The molecule has 0 aliphatic carbocycles. The van der Waals surface area contributed by atoms with Crippen molar-refractivity contribution in [2.75, 3.05) is 14.2 Å². The molecule has 0 rings (SSSR count). The molecule has 15 heavy (non-hydrogen) atoms. The summed E-state index contributed by atoms with van der Waals surface area (Å²) in [7, 11) is 3.52. The smallest absolute Gasteiger partial charge is 0.309 e. The molecule has 0 aromatic heterocycles. The maximum absolute atomic E-state index is 11.4. The van der Waals surface area contributed by atoms with Crippen LogP contribution < -0.4 is 0 Å². The largest absolute Gasteiger partial charge is 0.469 e. The Bertz CT molecular complexity index is 194. The van der Waals surface area contributed by atoms with Gasteiger partial charge in [-0.1, -0.05) is 20.3 Å². The summed E-state index contributed by atoms with van der Waals surface area (Å²) in [6, 6.07) is 0.733. The lowest BCUT2D eigenvalue weighted by Crippen LogP contribution is -2.43. The van der Waals surface area contributed by atoms with Crippen LogP contribution in [0.4, 0.5) is 0 Å². The average Bonchev–Trinajstić information content (AvgIpc) is 2.25. The molecule has 0 fully saturated rings. The highest BCUT2D eigenvalue weighted by Crippen LogP contribution is 2.15. The van der Waals surface area contributed by atoms with E-state index >= 15 is 0 Å². The molecule has 3 unspecified atom stereocenters. The topological polar surface area (TPSA) is 29.5 Å². The summed E-state index contributed by atoms with van der Waals surface area (Å²) in [4.78, 5) is 13.6. The molecule has 0 amide bonds. The van der Waals surface area contributed by atoms with Crippen molar-refractivity contribution in [3.8, 4) is 0 Å². The number of methoxy groups -OCH3 is 1. The molecule has 0 heterocycles. The van der Waals surface area contributed by atoms with E-state index in [2.05, 4.69) is 32.7 Å². The van der Waals surface area contributed by atoms with Gasteiger partial charge in [-0.25, -0.2) is 0 Å². The quantitative estimate of drug-likeness (QED) is 0.637. The Morgan fingerprint density at radius 2 is 1.87 bits per heavy atom. The van der Waals surface area contributed by atoms with Crippen molar-refractivity contribution in [2.45, 2.75) is 52.6 Å². The van der Waals surface area contributed by atoms with Crippen molar-refractivity contribution in [2.24, 2.45) is 5.92 Å². The summed E-state index contributed by atoms with van der Waals surface area (Å²) in [5, 5.41) is 0. The van der Waals surface area contributed by atoms with Crippen molar-refractivity contribution < 1.29 is 9.53 Å². The van der Waals surface area contributed by atoms with Crippen LogP contribution in [0.25, 0.3) is 0 Å². The van der Waals surface area contributed by atoms with E-state index in [9.17, 15) is 4.79 Å². The van der Waals surface area contributed by atoms with Gasteiger partial charge in [0, 0.05) is 12.1 Å². The lowest BCUT2D eigenvalue weighted by Gasteiger charge is -2.33. The SMILES string of the molecule is CCCC(C)N(C)C(C)C(C)C(=O)OC. The van der Waals surface area contributed by atoms with Crippen LogP contribution in [0.2, 0.25) is 0 Å². The normalized spacial score (nSPS) is 17.3. The monoisotopic (exact) mass is 215 g/mol. The first-order chi connectivity index (χ1) is 6.95. The van der Waals surface area contributed by atoms with Gasteiger partial charge < -0.3 is 9.64 Å². The number of ether oxygens (including phenoxy) is 1. The fourth-order valence-corrected chi connectivity index (χ4v) is 1.76. The second kappa shape index (κ2) is 6.83. The van der Waals surface area contributed by atoms with Crippen molar-refractivity contribution in [3.05, 3.63) is 0 Å². The van der Waals surface area contributed by atoms with Crippen LogP contribution in [-0.2, 0) is 9.53 Å². The first-order valence-electron chi connectivity index (χ1n) is 5.75. The summed E-state index contributed by atoms with van der Waals surface area (Å²) in [6.45, 7) is 8.38. The third-order valence-electron chi connectivity index (χ3n) is 3.34. The van der Waals surface area contributed by atoms with E-state index in [0.717, 1.165) is 6.42 Å². The summed E-state index contributed by atoms with van der Waals surface area (Å²) >= 11 is 0. The fourth-order valence-electron chi connectivity index (χ4n) is 1.76. The Morgan fingerprint density at radius 1 is 1.33 bits per heavy atom. The Labute approximate surface area is 93.8 Å². The van der Waals surface area contributed by atoms with Crippen LogP contribution in [0.1, 0.15) is 40.5 Å². The van der Waals surface area contributed by atoms with Gasteiger partial charge in [0.25, 0.3) is 0 Å². The molecular formula is C12H25NO2. The highest BCUT2D eigenvalue weighted by molar-refractivity contribution is 5.72. The van der Waals surface area contributed by atoms with E-state index in [1.54, 1.807) is 0 Å². The number of hydrogen-bond acceptors (Lipinski definition) is 3. The highest BCUT2D eigenvalue weighted by Gasteiger charge is 2.26. The number of hydrogen-bond donors (Lipinski definition) is 0. The van der Waals surface area contributed by atoms with Crippen LogP contribution in [0.3, 0.4) is 0 Å². The van der Waals surface area contributed by atoms with E-state index in [1.807, 2.05) is 6.92 Å². The number of rotatable bonds is 6. The maximum Gasteiger partial charge on any atom is 0.309 e. The lowest BCUT2D eigenvalue weighted by molar-refractivity contribution is -0.147. The molecule has 0 aromatic rings. The molecule has 0 aliphatic rings. The minimum atomic E-state index is -0.127. The Balaban J connectivity index is 4.29. The zero-order valence-electron chi connectivity index (χ0n) is 10.9. The molecule has 0 aromatic carbocycles. The van der Waals surface area contributed by atoms with Crippen molar-refractivity contribution >= 4 is 5.97 Å². The number of carbonyl (C=O) groups excluding carboxylic acids is 1. The summed E-state index contributed by atoms with van der Waals surface area (Å²) < 4.78 is 4.76. The molecule has 0 radical (unpaired) electrons. The number of nitrogens with zero attached hydrogens (tertiary/aromatic N) is 1. The van der Waals surface area contributed by atoms with E-state index in [-0.39, 0.29) is 17.9 Å². The Kier molecular flexibility index (Phi) is 6.57. The van der Waals surface area contributed by atoms with Crippen LogP contribution in [0.5, 0.6) is 0 Å². The van der Waals surface area contributed by atoms with Gasteiger partial charge in [-0.05, 0) is 27.3 Å². The molecule has 0 spiro atoms. The van der Waals surface area contributed by atoms with Gasteiger partial charge in [-0.2, -0.15) is 0 Å². The van der Waals surface area contributed by atoms with E-state index in [0.29, 0.717) is 6.04 Å². The Morgan fingerprint density at radius 3 is 2.27 bits per heavy atom. The standard InChI is InChI=1S/C12H25NO2/c1-7-8-9(2)13(5)11(4)10(3)12(14)15-6/h9-11H,7-8H2,1-6H3. The maximum atomic E-state index is 11.4. The van der Waals surface area contributed by atoms with Gasteiger partial charge in [0.15, 0.2) is 0 Å². The first kappa shape index (κ1) is 14.4.